The van der Waals surface area contributed by atoms with Crippen LogP contribution in [0, 0.1) is 13.8 Å². The van der Waals surface area contributed by atoms with Gasteiger partial charge in [-0.1, -0.05) is 12.1 Å². The molecule has 3 rings (SSSR count). The summed E-state index contributed by atoms with van der Waals surface area (Å²) in [5.41, 5.74) is 5.54. The molecular weight excluding hydrogens is 236 g/mol. The zero-order chi connectivity index (χ0) is 13.4. The van der Waals surface area contributed by atoms with Crippen molar-refractivity contribution in [2.24, 2.45) is 0 Å². The van der Waals surface area contributed by atoms with Crippen molar-refractivity contribution in [2.45, 2.75) is 13.8 Å². The monoisotopic (exact) mass is 252 g/mol. The number of nitrogens with zero attached hydrogens (tertiary/aromatic N) is 2. The number of hydrogen-bond donors (Lipinski definition) is 0. The minimum atomic E-state index is 0.868. The highest BCUT2D eigenvalue weighted by Gasteiger charge is 2.08. The number of aryl methyl sites for hydroxylation is 2. The lowest BCUT2D eigenvalue weighted by Crippen LogP contribution is -1.90. The molecule has 0 unspecified atom stereocenters. The van der Waals surface area contributed by atoms with E-state index in [2.05, 4.69) is 46.9 Å². The quantitative estimate of drug-likeness (QED) is 0.696. The van der Waals surface area contributed by atoms with E-state index < -0.39 is 0 Å². The normalized spacial score (nSPS) is 10.9. The molecule has 3 nitrogen and oxygen atoms in total. The van der Waals surface area contributed by atoms with E-state index >= 15 is 0 Å². The second-order valence-corrected chi connectivity index (χ2v) is 4.77. The van der Waals surface area contributed by atoms with Crippen molar-refractivity contribution in [1.82, 2.24) is 9.38 Å². The van der Waals surface area contributed by atoms with E-state index in [0.717, 1.165) is 28.2 Å². The molecule has 0 bridgehead atoms. The fraction of sp³-hybridized carbons (Fsp3) is 0.188. The number of ether oxygens (including phenoxy) is 1. The van der Waals surface area contributed by atoms with Crippen LogP contribution >= 0.6 is 0 Å². The van der Waals surface area contributed by atoms with Crippen LogP contribution in [0.25, 0.3) is 16.8 Å². The Bertz CT molecular complexity index is 726. The van der Waals surface area contributed by atoms with Gasteiger partial charge in [-0.3, -0.25) is 0 Å². The Hall–Kier alpha value is -2.29. The predicted octanol–water partition coefficient (Wildman–Crippen LogP) is 3.63. The Morgan fingerprint density at radius 1 is 1.05 bits per heavy atom. The molecule has 0 amide bonds. The van der Waals surface area contributed by atoms with Crippen LogP contribution in [0.1, 0.15) is 11.3 Å². The largest absolute Gasteiger partial charge is 0.497 e. The van der Waals surface area contributed by atoms with E-state index in [4.69, 9.17) is 4.74 Å². The van der Waals surface area contributed by atoms with Crippen molar-refractivity contribution >= 4 is 5.65 Å². The number of methoxy groups -OCH3 is 1. The van der Waals surface area contributed by atoms with E-state index in [9.17, 15) is 0 Å². The van der Waals surface area contributed by atoms with Gasteiger partial charge in [0.15, 0.2) is 0 Å². The van der Waals surface area contributed by atoms with Crippen LogP contribution in [0.3, 0.4) is 0 Å². The van der Waals surface area contributed by atoms with Crippen LogP contribution in [0.2, 0.25) is 0 Å². The molecular formula is C16H16N2O. The maximum atomic E-state index is 5.20. The van der Waals surface area contributed by atoms with Gasteiger partial charge in [0.05, 0.1) is 12.8 Å². The maximum absolute atomic E-state index is 5.20. The highest BCUT2D eigenvalue weighted by Crippen LogP contribution is 2.27. The van der Waals surface area contributed by atoms with Crippen LogP contribution in [0.15, 0.2) is 42.7 Å². The molecule has 0 N–H and O–H groups in total. The summed E-state index contributed by atoms with van der Waals surface area (Å²) in [5.74, 6) is 0.868. The van der Waals surface area contributed by atoms with Gasteiger partial charge in [0.25, 0.3) is 0 Å². The lowest BCUT2D eigenvalue weighted by atomic mass is 10.1. The second kappa shape index (κ2) is 4.43. The number of benzene rings is 1. The first-order valence-electron chi connectivity index (χ1n) is 6.28. The van der Waals surface area contributed by atoms with Gasteiger partial charge in [-0.25, -0.2) is 4.98 Å². The standard InChI is InChI=1S/C16H16N2O/c1-11-8-15(13-4-6-14(19-3)7-5-13)16-17-12(2)10-18(16)9-11/h4-10H,1-3H3. The molecule has 0 aliphatic carbocycles. The molecule has 0 aliphatic heterocycles. The summed E-state index contributed by atoms with van der Waals surface area (Å²) in [6.45, 7) is 4.11. The molecule has 0 spiro atoms. The summed E-state index contributed by atoms with van der Waals surface area (Å²) >= 11 is 0. The van der Waals surface area contributed by atoms with E-state index in [1.165, 1.54) is 5.56 Å². The maximum Gasteiger partial charge on any atom is 0.144 e. The third-order valence-corrected chi connectivity index (χ3v) is 3.21. The van der Waals surface area contributed by atoms with Crippen LogP contribution in [0.4, 0.5) is 0 Å². The van der Waals surface area contributed by atoms with Gasteiger partial charge in [-0.15, -0.1) is 0 Å². The molecule has 2 aromatic heterocycles. The summed E-state index contributed by atoms with van der Waals surface area (Å²) in [4.78, 5) is 4.60. The number of hydrogen-bond acceptors (Lipinski definition) is 2. The number of pyridine rings is 1. The number of fused-ring (bicyclic) bond motifs is 1. The molecule has 0 aliphatic rings. The average Bonchev–Trinajstić information content (AvgIpc) is 2.78. The van der Waals surface area contributed by atoms with Gasteiger partial charge in [0, 0.05) is 18.0 Å². The average molecular weight is 252 g/mol. The number of imidazole rings is 1. The van der Waals surface area contributed by atoms with Gasteiger partial charge in [-0.2, -0.15) is 0 Å². The van der Waals surface area contributed by atoms with E-state index in [1.807, 2.05) is 19.1 Å². The van der Waals surface area contributed by atoms with Crippen molar-refractivity contribution in [3.05, 3.63) is 54.0 Å². The third kappa shape index (κ3) is 2.08. The number of rotatable bonds is 2. The zero-order valence-corrected chi connectivity index (χ0v) is 11.3. The van der Waals surface area contributed by atoms with Crippen LogP contribution < -0.4 is 4.74 Å². The van der Waals surface area contributed by atoms with E-state index in [0.29, 0.717) is 0 Å². The van der Waals surface area contributed by atoms with Crippen LogP contribution in [0.5, 0.6) is 5.75 Å². The highest BCUT2D eigenvalue weighted by atomic mass is 16.5. The second-order valence-electron chi connectivity index (χ2n) is 4.77. The summed E-state index contributed by atoms with van der Waals surface area (Å²) in [5, 5.41) is 0. The van der Waals surface area contributed by atoms with Crippen LogP contribution in [-0.2, 0) is 0 Å². The van der Waals surface area contributed by atoms with Gasteiger partial charge in [0.2, 0.25) is 0 Å². The van der Waals surface area contributed by atoms with E-state index in [-0.39, 0.29) is 0 Å². The Morgan fingerprint density at radius 3 is 2.47 bits per heavy atom. The molecule has 3 heteroatoms. The summed E-state index contributed by atoms with van der Waals surface area (Å²) in [6, 6.07) is 10.3. The molecule has 0 radical (unpaired) electrons. The molecule has 1 aromatic carbocycles. The fourth-order valence-corrected chi connectivity index (χ4v) is 2.35. The molecule has 0 fully saturated rings. The van der Waals surface area contributed by atoms with Crippen molar-refractivity contribution in [3.63, 3.8) is 0 Å². The van der Waals surface area contributed by atoms with E-state index in [1.54, 1.807) is 7.11 Å². The lowest BCUT2D eigenvalue weighted by Gasteiger charge is -2.07. The Balaban J connectivity index is 2.22. The van der Waals surface area contributed by atoms with Gasteiger partial charge < -0.3 is 9.14 Å². The van der Waals surface area contributed by atoms with Crippen molar-refractivity contribution in [3.8, 4) is 16.9 Å². The fourth-order valence-electron chi connectivity index (χ4n) is 2.35. The molecule has 0 atom stereocenters. The molecule has 3 aromatic rings. The summed E-state index contributed by atoms with van der Waals surface area (Å²) < 4.78 is 7.29. The highest BCUT2D eigenvalue weighted by molar-refractivity contribution is 5.78. The molecule has 96 valence electrons. The van der Waals surface area contributed by atoms with Gasteiger partial charge in [0.1, 0.15) is 11.4 Å². The van der Waals surface area contributed by atoms with Gasteiger partial charge in [-0.05, 0) is 43.2 Å². The Kier molecular flexibility index (Phi) is 2.75. The molecule has 19 heavy (non-hydrogen) atoms. The summed E-state index contributed by atoms with van der Waals surface area (Å²) in [6.07, 6.45) is 4.15. The number of aromatic nitrogens is 2. The van der Waals surface area contributed by atoms with Crippen molar-refractivity contribution in [1.29, 1.82) is 0 Å². The Labute approximate surface area is 112 Å². The van der Waals surface area contributed by atoms with Crippen molar-refractivity contribution < 1.29 is 4.74 Å². The molecule has 0 saturated carbocycles. The molecule has 2 heterocycles. The van der Waals surface area contributed by atoms with Gasteiger partial charge >= 0.3 is 0 Å². The first kappa shape index (κ1) is 11.8. The minimum absolute atomic E-state index is 0.868. The first-order valence-corrected chi connectivity index (χ1v) is 6.28. The smallest absolute Gasteiger partial charge is 0.144 e. The van der Waals surface area contributed by atoms with Crippen molar-refractivity contribution in [2.75, 3.05) is 7.11 Å². The predicted molar refractivity (Wildman–Crippen MR) is 76.7 cm³/mol. The Morgan fingerprint density at radius 2 is 1.79 bits per heavy atom. The third-order valence-electron chi connectivity index (χ3n) is 3.21. The first-order chi connectivity index (χ1) is 9.17. The lowest BCUT2D eigenvalue weighted by molar-refractivity contribution is 0.415. The van der Waals surface area contributed by atoms with Crippen LogP contribution in [-0.4, -0.2) is 16.5 Å². The topological polar surface area (TPSA) is 26.5 Å². The SMILES string of the molecule is COc1ccc(-c2cc(C)cn3cc(C)nc23)cc1. The summed E-state index contributed by atoms with van der Waals surface area (Å²) in [7, 11) is 1.68. The minimum Gasteiger partial charge on any atom is -0.497 e. The zero-order valence-electron chi connectivity index (χ0n) is 11.3. The molecule has 0 saturated heterocycles.